The molecule has 3 aromatic heterocycles. The third-order valence-electron chi connectivity index (χ3n) is 11.5. The van der Waals surface area contributed by atoms with Crippen LogP contribution in [0.2, 0.25) is 0 Å². The highest BCUT2D eigenvalue weighted by Gasteiger charge is 2.32. The second-order valence-electron chi connectivity index (χ2n) is 14.3. The Morgan fingerprint density at radius 1 is 0.426 bits per heavy atom. The van der Waals surface area contributed by atoms with Gasteiger partial charge in [0.15, 0.2) is 0 Å². The lowest BCUT2D eigenvalue weighted by molar-refractivity contribution is 0.669. The molecule has 0 saturated carbocycles. The van der Waals surface area contributed by atoms with Crippen molar-refractivity contribution >= 4 is 65.7 Å². The van der Waals surface area contributed by atoms with Gasteiger partial charge < -0.3 is 13.4 Å². The highest BCUT2D eigenvalue weighted by Crippen LogP contribution is 2.52. The lowest BCUT2D eigenvalue weighted by Gasteiger charge is -2.20. The van der Waals surface area contributed by atoms with Crippen LogP contribution >= 0.6 is 0 Å². The fourth-order valence-electron chi connectivity index (χ4n) is 9.19. The first-order valence-corrected chi connectivity index (χ1v) is 18.3. The van der Waals surface area contributed by atoms with Crippen LogP contribution in [0.25, 0.3) is 93.6 Å². The number of rotatable bonds is 3. The Hall–Kier alpha value is -7.35. The number of aromatic nitrogens is 1. The smallest absolute Gasteiger partial charge is 0.136 e. The monoisotopic (exact) mass is 688 g/mol. The van der Waals surface area contributed by atoms with E-state index in [-0.39, 0.29) is 5.92 Å². The van der Waals surface area contributed by atoms with E-state index in [1.165, 1.54) is 27.8 Å². The highest BCUT2D eigenvalue weighted by atomic mass is 16.3. The van der Waals surface area contributed by atoms with Crippen LogP contribution in [0.15, 0.2) is 173 Å². The van der Waals surface area contributed by atoms with Crippen molar-refractivity contribution in [1.82, 2.24) is 4.57 Å². The second kappa shape index (κ2) is 10.8. The van der Waals surface area contributed by atoms with Gasteiger partial charge in [-0.05, 0) is 99.6 Å². The summed E-state index contributed by atoms with van der Waals surface area (Å²) in [6.45, 7) is 0. The van der Waals surface area contributed by atoms with Gasteiger partial charge in [0.1, 0.15) is 22.3 Å². The van der Waals surface area contributed by atoms with Gasteiger partial charge in [-0.3, -0.25) is 0 Å². The minimum atomic E-state index is -0.00412. The van der Waals surface area contributed by atoms with Gasteiger partial charge in [0.2, 0.25) is 0 Å². The van der Waals surface area contributed by atoms with Crippen molar-refractivity contribution in [1.29, 1.82) is 5.26 Å². The van der Waals surface area contributed by atoms with Gasteiger partial charge in [-0.2, -0.15) is 5.26 Å². The van der Waals surface area contributed by atoms with Gasteiger partial charge in [0.25, 0.3) is 0 Å². The van der Waals surface area contributed by atoms with Crippen molar-refractivity contribution in [2.45, 2.75) is 5.92 Å². The van der Waals surface area contributed by atoms with E-state index < -0.39 is 0 Å². The maximum atomic E-state index is 10.5. The molecular weight excluding hydrogens is 661 g/mol. The Bertz CT molecular complexity index is 3420. The zero-order valence-electron chi connectivity index (χ0n) is 28.9. The number of hydrogen-bond donors (Lipinski definition) is 0. The van der Waals surface area contributed by atoms with E-state index in [1.807, 2.05) is 36.4 Å². The van der Waals surface area contributed by atoms with Gasteiger partial charge in [-0.25, -0.2) is 0 Å². The van der Waals surface area contributed by atoms with Gasteiger partial charge >= 0.3 is 0 Å². The molecule has 0 radical (unpaired) electrons. The molecule has 0 saturated heterocycles. The van der Waals surface area contributed by atoms with Crippen LogP contribution in [-0.4, -0.2) is 4.57 Å². The maximum absolute atomic E-state index is 10.5. The largest absolute Gasteiger partial charge is 0.456 e. The first kappa shape index (κ1) is 29.3. The quantitative estimate of drug-likeness (QED) is 0.186. The average molecular weight is 689 g/mol. The zero-order valence-corrected chi connectivity index (χ0v) is 28.9. The summed E-state index contributed by atoms with van der Waals surface area (Å²) in [4.78, 5) is 0. The molecule has 1 aliphatic carbocycles. The molecule has 54 heavy (non-hydrogen) atoms. The molecule has 1 aliphatic rings. The molecule has 0 aliphatic heterocycles. The van der Waals surface area contributed by atoms with Crippen LogP contribution in [0.1, 0.15) is 28.2 Å². The molecule has 0 spiro atoms. The molecule has 1 unspecified atom stereocenters. The average Bonchev–Trinajstić information content (AvgIpc) is 3.96. The van der Waals surface area contributed by atoms with Crippen molar-refractivity contribution < 1.29 is 8.83 Å². The van der Waals surface area contributed by atoms with E-state index in [1.54, 1.807) is 0 Å². The van der Waals surface area contributed by atoms with Crippen LogP contribution < -0.4 is 0 Å². The molecule has 8 aromatic carbocycles. The van der Waals surface area contributed by atoms with Crippen LogP contribution in [0, 0.1) is 11.3 Å². The summed E-state index contributed by atoms with van der Waals surface area (Å²) in [5.74, 6) is -0.00412. The Balaban J connectivity index is 1.10. The van der Waals surface area contributed by atoms with E-state index in [0.29, 0.717) is 5.56 Å². The minimum absolute atomic E-state index is 0.00412. The SMILES string of the molecule is N#Cc1cc(-c2ccccc2C2c3ccccc3-c3cc4oc5ccccc5c4cc32)cc(-n2c3ccccc3c3cc4oc5ccccc5c4cc32)c1. The molecule has 250 valence electrons. The number of nitriles is 1. The molecule has 12 rings (SSSR count). The molecule has 4 nitrogen and oxygen atoms in total. The van der Waals surface area contributed by atoms with E-state index in [0.717, 1.165) is 82.5 Å². The number of nitrogens with zero attached hydrogens (tertiary/aromatic N) is 2. The summed E-state index contributed by atoms with van der Waals surface area (Å²) in [5, 5.41) is 17.2. The van der Waals surface area contributed by atoms with E-state index in [2.05, 4.69) is 138 Å². The van der Waals surface area contributed by atoms with Crippen molar-refractivity contribution in [2.24, 2.45) is 0 Å². The maximum Gasteiger partial charge on any atom is 0.136 e. The van der Waals surface area contributed by atoms with Crippen LogP contribution in [0.4, 0.5) is 0 Å². The lowest BCUT2D eigenvalue weighted by atomic mass is 9.84. The van der Waals surface area contributed by atoms with Gasteiger partial charge in [-0.15, -0.1) is 0 Å². The molecule has 1 atom stereocenters. The number of fused-ring (bicyclic) bond motifs is 12. The fourth-order valence-corrected chi connectivity index (χ4v) is 9.19. The topological polar surface area (TPSA) is 55.0 Å². The number of para-hydroxylation sites is 3. The van der Waals surface area contributed by atoms with Crippen molar-refractivity contribution in [3.05, 3.63) is 186 Å². The van der Waals surface area contributed by atoms with E-state index in [9.17, 15) is 5.26 Å². The summed E-state index contributed by atoms with van der Waals surface area (Å²) in [6, 6.07) is 60.2. The Kier molecular flexibility index (Phi) is 5.87. The molecular formula is C50H28N2O2. The second-order valence-corrected chi connectivity index (χ2v) is 14.3. The summed E-state index contributed by atoms with van der Waals surface area (Å²) in [6.07, 6.45) is 0. The normalized spacial score (nSPS) is 13.7. The summed E-state index contributed by atoms with van der Waals surface area (Å²) >= 11 is 0. The number of benzene rings is 8. The first-order valence-electron chi connectivity index (χ1n) is 18.3. The summed E-state index contributed by atoms with van der Waals surface area (Å²) in [5.41, 5.74) is 15.5. The van der Waals surface area contributed by atoms with E-state index in [4.69, 9.17) is 8.83 Å². The molecule has 0 N–H and O–H groups in total. The molecule has 11 aromatic rings. The highest BCUT2D eigenvalue weighted by molar-refractivity contribution is 6.17. The fraction of sp³-hybridized carbons (Fsp3) is 0.0200. The van der Waals surface area contributed by atoms with Crippen LogP contribution in [-0.2, 0) is 0 Å². The van der Waals surface area contributed by atoms with Crippen LogP contribution in [0.5, 0.6) is 0 Å². The van der Waals surface area contributed by atoms with E-state index >= 15 is 0 Å². The Morgan fingerprint density at radius 2 is 1.04 bits per heavy atom. The first-order chi connectivity index (χ1) is 26.7. The van der Waals surface area contributed by atoms with Gasteiger partial charge in [0.05, 0.1) is 22.7 Å². The Morgan fingerprint density at radius 3 is 1.80 bits per heavy atom. The van der Waals surface area contributed by atoms with Crippen molar-refractivity contribution in [3.8, 4) is 34.0 Å². The molecule has 0 bridgehead atoms. The predicted octanol–water partition coefficient (Wildman–Crippen LogP) is 13.3. The van der Waals surface area contributed by atoms with Crippen LogP contribution in [0.3, 0.4) is 0 Å². The molecule has 0 amide bonds. The standard InChI is InChI=1S/C50H28N2O2/c51-28-29-21-30(23-31(22-29)52-44-18-8-5-13-34(44)40-27-49-42(25-45(40)52)36-15-7-10-20-47(36)54-49)32-11-1-3-16-37(32)50-38-17-4-2-12-33(38)39-26-48-41(24-43(39)50)35-14-6-9-19-46(35)53-48/h1-27,50H. The number of hydrogen-bond acceptors (Lipinski definition) is 3. The molecule has 3 heterocycles. The van der Waals surface area contributed by atoms with Gasteiger partial charge in [0, 0.05) is 43.9 Å². The van der Waals surface area contributed by atoms with Gasteiger partial charge in [-0.1, -0.05) is 103 Å². The molecule has 0 fully saturated rings. The predicted molar refractivity (Wildman–Crippen MR) is 218 cm³/mol. The Labute approximate surface area is 309 Å². The summed E-state index contributed by atoms with van der Waals surface area (Å²) in [7, 11) is 0. The molecule has 4 heteroatoms. The number of furan rings is 2. The van der Waals surface area contributed by atoms with Crippen molar-refractivity contribution in [2.75, 3.05) is 0 Å². The minimum Gasteiger partial charge on any atom is -0.456 e. The van der Waals surface area contributed by atoms with Crippen molar-refractivity contribution in [3.63, 3.8) is 0 Å². The summed E-state index contributed by atoms with van der Waals surface area (Å²) < 4.78 is 15.0. The third-order valence-corrected chi connectivity index (χ3v) is 11.5. The third kappa shape index (κ3) is 4.01. The zero-order chi connectivity index (χ0) is 35.5. The lowest BCUT2D eigenvalue weighted by Crippen LogP contribution is -2.02.